The Hall–Kier alpha value is -1.12. The highest BCUT2D eigenvalue weighted by Crippen LogP contribution is 2.24. The van der Waals surface area contributed by atoms with Crippen LogP contribution in [0.25, 0.3) is 0 Å². The van der Waals surface area contributed by atoms with Gasteiger partial charge >= 0.3 is 0 Å². The van der Waals surface area contributed by atoms with E-state index in [0.29, 0.717) is 19.2 Å². The van der Waals surface area contributed by atoms with Crippen LogP contribution >= 0.6 is 0 Å². The molecule has 0 amide bonds. The topological polar surface area (TPSA) is 49.4 Å². The number of halogens is 3. The van der Waals surface area contributed by atoms with Crippen LogP contribution in [0.3, 0.4) is 0 Å². The second kappa shape index (κ2) is 5.10. The molecule has 106 valence electrons. The lowest BCUT2D eigenvalue weighted by Crippen LogP contribution is -2.52. The predicted octanol–water partition coefficient (Wildman–Crippen LogP) is 1.09. The Morgan fingerprint density at radius 3 is 2.58 bits per heavy atom. The molecule has 1 N–H and O–H groups in total. The summed E-state index contributed by atoms with van der Waals surface area (Å²) < 4.78 is 65.2. The summed E-state index contributed by atoms with van der Waals surface area (Å²) in [5.41, 5.74) is 0. The van der Waals surface area contributed by atoms with E-state index >= 15 is 0 Å². The van der Waals surface area contributed by atoms with Gasteiger partial charge in [-0.05, 0) is 19.1 Å². The standard InChI is InChI=1S/C11H13F3N2O2S/c1-7-6-15-4-5-16(7)19(17,18)9-3-2-8(12)10(13)11(9)14/h2-3,7,15H,4-6H2,1H3/t7-/m1/s1. The van der Waals surface area contributed by atoms with Gasteiger partial charge in [0.05, 0.1) is 0 Å². The maximum absolute atomic E-state index is 13.6. The quantitative estimate of drug-likeness (QED) is 0.831. The van der Waals surface area contributed by atoms with Gasteiger partial charge in [0, 0.05) is 25.7 Å². The predicted molar refractivity (Wildman–Crippen MR) is 62.5 cm³/mol. The van der Waals surface area contributed by atoms with E-state index in [1.807, 2.05) is 0 Å². The molecule has 8 heteroatoms. The van der Waals surface area contributed by atoms with Crippen molar-refractivity contribution >= 4 is 10.0 Å². The lowest BCUT2D eigenvalue weighted by atomic mass is 10.3. The third-order valence-electron chi connectivity index (χ3n) is 3.03. The van der Waals surface area contributed by atoms with E-state index in [2.05, 4.69) is 5.32 Å². The van der Waals surface area contributed by atoms with Crippen LogP contribution < -0.4 is 5.32 Å². The van der Waals surface area contributed by atoms with Gasteiger partial charge in [-0.3, -0.25) is 0 Å². The first-order chi connectivity index (χ1) is 8.85. The van der Waals surface area contributed by atoms with Gasteiger partial charge in [0.15, 0.2) is 17.5 Å². The molecule has 1 fully saturated rings. The van der Waals surface area contributed by atoms with Crippen molar-refractivity contribution in [2.24, 2.45) is 0 Å². The zero-order valence-electron chi connectivity index (χ0n) is 10.2. The van der Waals surface area contributed by atoms with Crippen molar-refractivity contribution in [1.29, 1.82) is 0 Å². The van der Waals surface area contributed by atoms with Crippen molar-refractivity contribution in [3.05, 3.63) is 29.6 Å². The molecule has 1 atom stereocenters. The molecule has 1 aliphatic heterocycles. The first-order valence-electron chi connectivity index (χ1n) is 5.71. The molecule has 1 aliphatic rings. The molecule has 0 aliphatic carbocycles. The fraction of sp³-hybridized carbons (Fsp3) is 0.455. The van der Waals surface area contributed by atoms with Crippen molar-refractivity contribution in [3.8, 4) is 0 Å². The molecule has 4 nitrogen and oxygen atoms in total. The Morgan fingerprint density at radius 1 is 1.26 bits per heavy atom. The fourth-order valence-electron chi connectivity index (χ4n) is 2.01. The molecule has 0 unspecified atom stereocenters. The highest BCUT2D eigenvalue weighted by molar-refractivity contribution is 7.89. The number of rotatable bonds is 2. The van der Waals surface area contributed by atoms with E-state index in [4.69, 9.17) is 0 Å². The summed E-state index contributed by atoms with van der Waals surface area (Å²) in [7, 11) is -4.17. The number of nitrogens with zero attached hydrogens (tertiary/aromatic N) is 1. The van der Waals surface area contributed by atoms with Crippen LogP contribution in [0.1, 0.15) is 6.92 Å². The molecule has 1 aromatic carbocycles. The molecule has 2 rings (SSSR count). The van der Waals surface area contributed by atoms with Gasteiger partial charge in [-0.25, -0.2) is 21.6 Å². The molecule has 0 aromatic heterocycles. The summed E-state index contributed by atoms with van der Waals surface area (Å²) in [5, 5.41) is 2.99. The SMILES string of the molecule is C[C@@H]1CNCCN1S(=O)(=O)c1ccc(F)c(F)c1F. The molecule has 0 radical (unpaired) electrons. The van der Waals surface area contributed by atoms with Crippen molar-refractivity contribution < 1.29 is 21.6 Å². The summed E-state index contributed by atoms with van der Waals surface area (Å²) in [6.07, 6.45) is 0. The van der Waals surface area contributed by atoms with Crippen LogP contribution in [-0.2, 0) is 10.0 Å². The number of hydrogen-bond acceptors (Lipinski definition) is 3. The van der Waals surface area contributed by atoms with Gasteiger partial charge in [0.2, 0.25) is 10.0 Å². The number of nitrogens with one attached hydrogen (secondary N) is 1. The molecule has 0 saturated carbocycles. The minimum Gasteiger partial charge on any atom is -0.314 e. The van der Waals surface area contributed by atoms with Gasteiger partial charge < -0.3 is 5.32 Å². The molecule has 1 saturated heterocycles. The number of piperazine rings is 1. The van der Waals surface area contributed by atoms with Gasteiger partial charge in [0.25, 0.3) is 0 Å². The van der Waals surface area contributed by atoms with Crippen molar-refractivity contribution in [3.63, 3.8) is 0 Å². The Kier molecular flexibility index (Phi) is 3.84. The zero-order valence-corrected chi connectivity index (χ0v) is 11.0. The second-order valence-corrected chi connectivity index (χ2v) is 6.20. The van der Waals surface area contributed by atoms with Crippen LogP contribution in [0.2, 0.25) is 0 Å². The van der Waals surface area contributed by atoms with Crippen LogP contribution in [0.15, 0.2) is 17.0 Å². The van der Waals surface area contributed by atoms with Crippen LogP contribution in [0.5, 0.6) is 0 Å². The zero-order chi connectivity index (χ0) is 14.2. The summed E-state index contributed by atoms with van der Waals surface area (Å²) in [6, 6.07) is 0.974. The molecule has 1 heterocycles. The summed E-state index contributed by atoms with van der Waals surface area (Å²) in [6.45, 7) is 2.66. The fourth-order valence-corrected chi connectivity index (χ4v) is 3.70. The third kappa shape index (κ3) is 2.47. The first-order valence-corrected chi connectivity index (χ1v) is 7.15. The molecule has 0 bridgehead atoms. The largest absolute Gasteiger partial charge is 0.314 e. The summed E-state index contributed by atoms with van der Waals surface area (Å²) in [5.74, 6) is -4.86. The average molecular weight is 294 g/mol. The third-order valence-corrected chi connectivity index (χ3v) is 5.06. The Labute approximate surface area is 109 Å². The van der Waals surface area contributed by atoms with Gasteiger partial charge in [-0.15, -0.1) is 0 Å². The number of benzene rings is 1. The Balaban J connectivity index is 2.48. The van der Waals surface area contributed by atoms with E-state index in [1.54, 1.807) is 6.92 Å². The first kappa shape index (κ1) is 14.3. The maximum Gasteiger partial charge on any atom is 0.246 e. The highest BCUT2D eigenvalue weighted by Gasteiger charge is 2.34. The molecule has 0 spiro atoms. The number of sulfonamides is 1. The van der Waals surface area contributed by atoms with Crippen LogP contribution in [-0.4, -0.2) is 38.4 Å². The van der Waals surface area contributed by atoms with Crippen molar-refractivity contribution in [2.75, 3.05) is 19.6 Å². The summed E-state index contributed by atoms with van der Waals surface area (Å²) >= 11 is 0. The maximum atomic E-state index is 13.6. The molecular formula is C11H13F3N2O2S. The average Bonchev–Trinajstić information content (AvgIpc) is 2.36. The van der Waals surface area contributed by atoms with Crippen molar-refractivity contribution in [1.82, 2.24) is 9.62 Å². The lowest BCUT2D eigenvalue weighted by Gasteiger charge is -2.32. The number of hydrogen-bond donors (Lipinski definition) is 1. The minimum atomic E-state index is -4.17. The lowest BCUT2D eigenvalue weighted by molar-refractivity contribution is 0.282. The minimum absolute atomic E-state index is 0.155. The second-order valence-electron chi connectivity index (χ2n) is 4.34. The van der Waals surface area contributed by atoms with E-state index in [1.165, 1.54) is 0 Å². The molecular weight excluding hydrogens is 281 g/mol. The monoisotopic (exact) mass is 294 g/mol. The van der Waals surface area contributed by atoms with Gasteiger partial charge in [-0.2, -0.15) is 4.31 Å². The Bertz CT molecular complexity index is 592. The highest BCUT2D eigenvalue weighted by atomic mass is 32.2. The smallest absolute Gasteiger partial charge is 0.246 e. The molecule has 1 aromatic rings. The Morgan fingerprint density at radius 2 is 1.95 bits per heavy atom. The van der Waals surface area contributed by atoms with E-state index < -0.39 is 32.4 Å². The van der Waals surface area contributed by atoms with E-state index in [-0.39, 0.29) is 12.6 Å². The van der Waals surface area contributed by atoms with Gasteiger partial charge in [0.1, 0.15) is 4.90 Å². The van der Waals surface area contributed by atoms with E-state index in [9.17, 15) is 21.6 Å². The molecule has 19 heavy (non-hydrogen) atoms. The normalized spacial score (nSPS) is 21.6. The van der Waals surface area contributed by atoms with Crippen molar-refractivity contribution in [2.45, 2.75) is 17.9 Å². The van der Waals surface area contributed by atoms with Crippen LogP contribution in [0, 0.1) is 17.5 Å². The van der Waals surface area contributed by atoms with Crippen LogP contribution in [0.4, 0.5) is 13.2 Å². The van der Waals surface area contributed by atoms with Gasteiger partial charge in [-0.1, -0.05) is 0 Å². The summed E-state index contributed by atoms with van der Waals surface area (Å²) in [4.78, 5) is -0.833. The van der Waals surface area contributed by atoms with E-state index in [0.717, 1.165) is 10.4 Å².